The first kappa shape index (κ1) is 56.0. The Morgan fingerprint density at radius 3 is 2.35 bits per heavy atom. The summed E-state index contributed by atoms with van der Waals surface area (Å²) in [5, 5.41) is 23.4. The molecule has 5 heterocycles. The number of nitrogens with zero attached hydrogens (tertiary/aromatic N) is 8. The summed E-state index contributed by atoms with van der Waals surface area (Å²) in [7, 11) is -2.15. The second kappa shape index (κ2) is 24.1. The molecule has 1 saturated carbocycles. The van der Waals surface area contributed by atoms with Gasteiger partial charge in [-0.2, -0.15) is 5.10 Å². The van der Waals surface area contributed by atoms with E-state index in [9.17, 15) is 27.6 Å². The van der Waals surface area contributed by atoms with Gasteiger partial charge < -0.3 is 41.1 Å². The predicted octanol–water partition coefficient (Wildman–Crippen LogP) is 5.23. The zero-order valence-electron chi connectivity index (χ0n) is 46.0. The van der Waals surface area contributed by atoms with Crippen molar-refractivity contribution in [2.24, 2.45) is 5.92 Å². The lowest BCUT2D eigenvalue weighted by atomic mass is 9.83. The Morgan fingerprint density at radius 1 is 0.897 bits per heavy atom. The summed E-state index contributed by atoms with van der Waals surface area (Å²) >= 11 is 0. The minimum atomic E-state index is -3.85. The molecule has 2 aromatic carbocycles. The largest absolute Gasteiger partial charge is 0.492 e. The number of carbonyl (C=O) groups excluding carboxylic acids is 4. The number of benzene rings is 2. The fraction of sp³-hybridized carbons (Fsp3) is 0.554. The number of ether oxygens (including phenoxy) is 1. The van der Waals surface area contributed by atoms with Crippen LogP contribution in [0.5, 0.6) is 5.75 Å². The highest BCUT2D eigenvalue weighted by Gasteiger charge is 2.45. The van der Waals surface area contributed by atoms with Gasteiger partial charge >= 0.3 is 0 Å². The molecule has 4 aliphatic rings. The smallest absolute Gasteiger partial charge is 0.254 e. The average molecular weight is 1090 g/mol. The number of hydrogen-bond acceptors (Lipinski definition) is 16. The molecule has 2 saturated heterocycles. The number of aryl methyl sites for hydroxylation is 2. The molecule has 21 nitrogen and oxygen atoms in total. The second-order valence-corrected chi connectivity index (χ2v) is 25.0. The highest BCUT2D eigenvalue weighted by Crippen LogP contribution is 2.38. The minimum absolute atomic E-state index is 0.0699. The van der Waals surface area contributed by atoms with Crippen LogP contribution in [0.1, 0.15) is 124 Å². The van der Waals surface area contributed by atoms with Crippen LogP contribution in [0.25, 0.3) is 10.9 Å². The minimum Gasteiger partial charge on any atom is -0.492 e. The van der Waals surface area contributed by atoms with E-state index in [1.807, 2.05) is 26.0 Å². The van der Waals surface area contributed by atoms with E-state index in [0.717, 1.165) is 81.3 Å². The quantitative estimate of drug-likeness (QED) is 0.0614. The van der Waals surface area contributed by atoms with Gasteiger partial charge in [0.1, 0.15) is 34.9 Å². The van der Waals surface area contributed by atoms with Gasteiger partial charge in [-0.15, -0.1) is 0 Å². The lowest BCUT2D eigenvalue weighted by Crippen LogP contribution is -2.58. The maximum absolute atomic E-state index is 14.8. The zero-order valence-corrected chi connectivity index (χ0v) is 46.8. The topological polar surface area (TPSA) is 262 Å². The number of sulfone groups is 1. The first-order valence-corrected chi connectivity index (χ1v) is 29.1. The van der Waals surface area contributed by atoms with Crippen molar-refractivity contribution in [3.8, 4) is 5.75 Å². The van der Waals surface area contributed by atoms with E-state index in [2.05, 4.69) is 78.6 Å². The Hall–Kier alpha value is -6.78. The van der Waals surface area contributed by atoms with E-state index >= 15 is 0 Å². The molecule has 3 aromatic heterocycles. The summed E-state index contributed by atoms with van der Waals surface area (Å²) in [6, 6.07) is 8.46. The molecule has 2 unspecified atom stereocenters. The molecular formula is C56H76N14O7S. The second-order valence-electron chi connectivity index (χ2n) is 22.4. The van der Waals surface area contributed by atoms with Crippen LogP contribution in [-0.2, 0) is 30.6 Å². The average Bonchev–Trinajstić information content (AvgIpc) is 4.07. The van der Waals surface area contributed by atoms with Crippen LogP contribution < -0.4 is 36.2 Å². The van der Waals surface area contributed by atoms with Gasteiger partial charge in [-0.3, -0.25) is 29.2 Å². The number of H-pyrrole nitrogens is 1. The third-order valence-corrected chi connectivity index (χ3v) is 18.6. The molecule has 4 amide bonds. The van der Waals surface area contributed by atoms with Gasteiger partial charge in [0.15, 0.2) is 15.7 Å². The number of aromatic amines is 1. The van der Waals surface area contributed by atoms with Crippen LogP contribution >= 0.6 is 0 Å². The number of aromatic nitrogens is 6. The monoisotopic (exact) mass is 1090 g/mol. The molecule has 5 atom stereocenters. The lowest BCUT2D eigenvalue weighted by molar-refractivity contribution is -0.143. The number of anilines is 3. The molecule has 22 heteroatoms. The Labute approximate surface area is 457 Å². The summed E-state index contributed by atoms with van der Waals surface area (Å²) < 4.78 is 33.2. The van der Waals surface area contributed by atoms with Crippen LogP contribution in [0.15, 0.2) is 60.0 Å². The van der Waals surface area contributed by atoms with Gasteiger partial charge in [-0.25, -0.2) is 28.4 Å². The van der Waals surface area contributed by atoms with Crippen molar-refractivity contribution in [1.82, 2.24) is 61.2 Å². The molecular weight excluding hydrogens is 1010 g/mol. The van der Waals surface area contributed by atoms with E-state index in [0.29, 0.717) is 54.5 Å². The third kappa shape index (κ3) is 12.4. The van der Waals surface area contributed by atoms with Crippen molar-refractivity contribution in [3.05, 3.63) is 83.1 Å². The van der Waals surface area contributed by atoms with Crippen LogP contribution in [0.2, 0.25) is 0 Å². The van der Waals surface area contributed by atoms with Crippen molar-refractivity contribution in [2.45, 2.75) is 146 Å². The number of amides is 4. The molecule has 418 valence electrons. The Bertz CT molecular complexity index is 3080. The van der Waals surface area contributed by atoms with Crippen molar-refractivity contribution in [3.63, 3.8) is 0 Å². The fourth-order valence-electron chi connectivity index (χ4n) is 11.1. The van der Waals surface area contributed by atoms with E-state index in [1.165, 1.54) is 24.3 Å². The van der Waals surface area contributed by atoms with Gasteiger partial charge in [-0.05, 0) is 117 Å². The first-order chi connectivity index (χ1) is 37.4. The number of fused-ring (bicyclic) bond motifs is 2. The number of rotatable bonds is 18. The van der Waals surface area contributed by atoms with E-state index < -0.39 is 44.7 Å². The number of hydrogen-bond donors (Lipinski definition) is 6. The first-order valence-electron chi connectivity index (χ1n) is 27.6. The molecule has 2 aliphatic heterocycles. The molecule has 0 bridgehead atoms. The third-order valence-electron chi connectivity index (χ3n) is 16.1. The molecule has 78 heavy (non-hydrogen) atoms. The molecule has 2 aliphatic carbocycles. The molecule has 9 rings (SSSR count). The van der Waals surface area contributed by atoms with Crippen LogP contribution in [0.4, 0.5) is 17.6 Å². The summed E-state index contributed by atoms with van der Waals surface area (Å²) in [6.45, 7) is 14.5. The number of likely N-dealkylation sites (tertiary alicyclic amines) is 1. The predicted molar refractivity (Wildman–Crippen MR) is 297 cm³/mol. The van der Waals surface area contributed by atoms with Crippen molar-refractivity contribution >= 4 is 62.0 Å². The van der Waals surface area contributed by atoms with Gasteiger partial charge in [0, 0.05) is 80.4 Å². The number of nitrogens with one attached hydrogen (secondary N) is 6. The molecule has 0 spiro atoms. The van der Waals surface area contributed by atoms with Crippen molar-refractivity contribution < 1.29 is 32.3 Å². The summed E-state index contributed by atoms with van der Waals surface area (Å²) in [4.78, 5) is 80.6. The standard InChI is InChI=1S/C56H76N14O7S/c1-34-35(2)66-67-49(34)65-50-42-28-47(78(75,76)56(4,5)6)46(29-44(42)60-33-61-50)77-26-14-21-68-22-24-69(25-23-68)55-58-30-39(31-59-55)52(72)62-40-27-45(53(73)63-43-20-13-18-37-15-11-12-19-41(37)43)70(32-40)54(74)48(38-16-9-8-10-17-38)64-51(71)36(3)57-7/h11-12,15,19,28-31,33,36,38,40,43,45,48,57H,8-10,13-14,16-18,20-27,32H2,1-7H3,(H,62,72)(H,63,73)(H,64,71)(H2,60,61,65,66,67)/t36?,40-,43+,45-,48?/m0/s1. The Morgan fingerprint density at radius 2 is 1.64 bits per heavy atom. The number of carbonyl (C=O) groups is 4. The zero-order chi connectivity index (χ0) is 55.3. The van der Waals surface area contributed by atoms with Crippen LogP contribution in [0, 0.1) is 19.8 Å². The maximum Gasteiger partial charge on any atom is 0.254 e. The summed E-state index contributed by atoms with van der Waals surface area (Å²) in [5.74, 6) is 0.410. The fourth-order valence-corrected chi connectivity index (χ4v) is 12.4. The Balaban J connectivity index is 0.809. The normalized spacial score (nSPS) is 20.2. The van der Waals surface area contributed by atoms with Crippen molar-refractivity contribution in [1.29, 1.82) is 0 Å². The highest BCUT2D eigenvalue weighted by atomic mass is 32.2. The molecule has 5 aromatic rings. The SMILES string of the molecule is CNC(C)C(=O)NC(C(=O)N1C[C@@H](NC(=O)c2cnc(N3CCN(CCCOc4cc5ncnc(Nc6n[nH]c(C)c6C)c5cc4S(=O)(=O)C(C)(C)C)CC3)nc2)C[C@H]1C(=O)N[C@@H]1CCCc2ccccc21)C1CCCCC1. The van der Waals surface area contributed by atoms with E-state index in [4.69, 9.17) is 4.74 Å². The van der Waals surface area contributed by atoms with Crippen LogP contribution in [-0.4, -0.2) is 154 Å². The number of likely N-dealkylation sites (N-methyl/N-ethyl adjacent to an activating group) is 1. The molecule has 3 fully saturated rings. The van der Waals surface area contributed by atoms with E-state index in [1.54, 1.807) is 51.8 Å². The maximum atomic E-state index is 14.8. The van der Waals surface area contributed by atoms with Gasteiger partial charge in [-0.1, -0.05) is 43.5 Å². The summed E-state index contributed by atoms with van der Waals surface area (Å²) in [5.41, 5.74) is 4.89. The highest BCUT2D eigenvalue weighted by molar-refractivity contribution is 7.92. The van der Waals surface area contributed by atoms with Gasteiger partial charge in [0.25, 0.3) is 5.91 Å². The van der Waals surface area contributed by atoms with Gasteiger partial charge in [0.2, 0.25) is 23.7 Å². The molecule has 0 radical (unpaired) electrons. The Kier molecular flexibility index (Phi) is 17.3. The van der Waals surface area contributed by atoms with Crippen molar-refractivity contribution in [2.75, 3.05) is 63.1 Å². The number of piperazine rings is 1. The lowest BCUT2D eigenvalue weighted by Gasteiger charge is -2.35. The summed E-state index contributed by atoms with van der Waals surface area (Å²) in [6.07, 6.45) is 12.5. The molecule has 6 N–H and O–H groups in total. The van der Waals surface area contributed by atoms with Gasteiger partial charge in [0.05, 0.1) is 34.5 Å². The van der Waals surface area contributed by atoms with E-state index in [-0.39, 0.29) is 65.5 Å². The van der Waals surface area contributed by atoms with Crippen LogP contribution in [0.3, 0.4) is 0 Å².